The average Bonchev–Trinajstić information content (AvgIpc) is 2.19. The summed E-state index contributed by atoms with van der Waals surface area (Å²) in [6.45, 7) is 0. The summed E-state index contributed by atoms with van der Waals surface area (Å²) in [6.07, 6.45) is 1.09. The molecule has 0 fully saturated rings. The maximum atomic E-state index is 10.9. The first-order valence-corrected chi connectivity index (χ1v) is 6.76. The van der Waals surface area contributed by atoms with Crippen molar-refractivity contribution >= 4 is 27.8 Å². The molecule has 0 radical (unpaired) electrons. The second kappa shape index (κ2) is 6.06. The second-order valence-electron chi connectivity index (χ2n) is 2.78. The van der Waals surface area contributed by atoms with Gasteiger partial charge in [-0.05, 0) is 24.3 Å². The molecule has 1 rings (SSSR count). The Morgan fingerprint density at radius 1 is 1.25 bits per heavy atom. The molecule has 0 atom stereocenters. The molecule has 16 heavy (non-hydrogen) atoms. The Morgan fingerprint density at radius 2 is 1.88 bits per heavy atom. The number of hydrogen-bond acceptors (Lipinski definition) is 6. The van der Waals surface area contributed by atoms with Crippen LogP contribution in [0.3, 0.4) is 0 Å². The van der Waals surface area contributed by atoms with Gasteiger partial charge in [0.25, 0.3) is 0 Å². The topological polar surface area (TPSA) is 73.9 Å². The van der Waals surface area contributed by atoms with Gasteiger partial charge in [-0.15, -0.1) is 4.33 Å². The molecule has 0 amide bonds. The molecule has 0 aliphatic carbocycles. The Morgan fingerprint density at radius 3 is 2.38 bits per heavy atom. The third-order valence-corrected chi connectivity index (χ3v) is 2.58. The van der Waals surface area contributed by atoms with Crippen LogP contribution in [0.1, 0.15) is 0 Å². The molecule has 0 heterocycles. The summed E-state index contributed by atoms with van der Waals surface area (Å²) in [7, 11) is -1.92. The molecule has 0 aromatic heterocycles. The fraction of sp³-hybridized carbons (Fsp3) is 0.250. The van der Waals surface area contributed by atoms with Gasteiger partial charge in [0.2, 0.25) is 10.0 Å². The van der Waals surface area contributed by atoms with Crippen molar-refractivity contribution < 1.29 is 22.7 Å². The summed E-state index contributed by atoms with van der Waals surface area (Å²) in [5.74, 6) is 0. The highest BCUT2D eigenvalue weighted by molar-refractivity contribution is 7.94. The quantitative estimate of drug-likeness (QED) is 0.364. The molecule has 0 spiro atoms. The normalized spacial score (nSPS) is 11.4. The van der Waals surface area contributed by atoms with Crippen molar-refractivity contribution in [2.45, 2.75) is 4.90 Å². The Hall–Kier alpha value is -0.800. The SMILES string of the molecule is COOOSc1ccc(NS(C)(=O)=O)cc1. The smallest absolute Gasteiger partial charge is 0.229 e. The van der Waals surface area contributed by atoms with Crippen LogP contribution in [0, 0.1) is 0 Å². The summed E-state index contributed by atoms with van der Waals surface area (Å²) in [4.78, 5) is 4.96. The maximum absolute atomic E-state index is 10.9. The molecule has 1 aromatic carbocycles. The minimum absolute atomic E-state index is 0.486. The molecule has 6 nitrogen and oxygen atoms in total. The lowest BCUT2D eigenvalue weighted by atomic mass is 10.3. The number of rotatable bonds is 6. The van der Waals surface area contributed by atoms with Crippen LogP contribution in [0.15, 0.2) is 29.2 Å². The highest BCUT2D eigenvalue weighted by Crippen LogP contribution is 2.21. The zero-order chi connectivity index (χ0) is 12.0. The third-order valence-electron chi connectivity index (χ3n) is 1.38. The largest absolute Gasteiger partial charge is 0.284 e. The lowest BCUT2D eigenvalue weighted by Gasteiger charge is -2.04. The lowest BCUT2D eigenvalue weighted by Crippen LogP contribution is -2.09. The van der Waals surface area contributed by atoms with Crippen molar-refractivity contribution in [1.82, 2.24) is 0 Å². The predicted octanol–water partition coefficient (Wildman–Crippen LogP) is 1.57. The minimum atomic E-state index is -3.24. The summed E-state index contributed by atoms with van der Waals surface area (Å²) in [6, 6.07) is 6.58. The number of hydrogen-bond donors (Lipinski definition) is 1. The summed E-state index contributed by atoms with van der Waals surface area (Å²) in [5, 5.41) is 4.20. The summed E-state index contributed by atoms with van der Waals surface area (Å²) < 4.78 is 28.7. The van der Waals surface area contributed by atoms with Crippen LogP contribution < -0.4 is 4.72 Å². The second-order valence-corrected chi connectivity index (χ2v) is 5.31. The van der Waals surface area contributed by atoms with Crippen LogP contribution in [0.2, 0.25) is 0 Å². The lowest BCUT2D eigenvalue weighted by molar-refractivity contribution is -0.447. The van der Waals surface area contributed by atoms with Crippen molar-refractivity contribution in [3.05, 3.63) is 24.3 Å². The molecule has 0 aliphatic heterocycles. The van der Waals surface area contributed by atoms with E-state index in [0.29, 0.717) is 5.69 Å². The van der Waals surface area contributed by atoms with Gasteiger partial charge in [0.1, 0.15) is 0 Å². The van der Waals surface area contributed by atoms with Gasteiger partial charge in [-0.25, -0.2) is 13.3 Å². The van der Waals surface area contributed by atoms with E-state index < -0.39 is 10.0 Å². The number of anilines is 1. The zero-order valence-corrected chi connectivity index (χ0v) is 10.3. The molecule has 0 saturated heterocycles. The van der Waals surface area contributed by atoms with Crippen molar-refractivity contribution in [2.75, 3.05) is 18.1 Å². The van der Waals surface area contributed by atoms with Crippen LogP contribution in [0.4, 0.5) is 5.69 Å². The van der Waals surface area contributed by atoms with Crippen molar-refractivity contribution in [1.29, 1.82) is 0 Å². The first-order chi connectivity index (χ1) is 7.51. The molecule has 0 bridgehead atoms. The Kier molecular flexibility index (Phi) is 5.03. The fourth-order valence-electron chi connectivity index (χ4n) is 0.874. The maximum Gasteiger partial charge on any atom is 0.229 e. The van der Waals surface area contributed by atoms with Crippen molar-refractivity contribution in [3.63, 3.8) is 0 Å². The van der Waals surface area contributed by atoms with Crippen LogP contribution >= 0.6 is 12.0 Å². The zero-order valence-electron chi connectivity index (χ0n) is 8.67. The highest BCUT2D eigenvalue weighted by atomic mass is 32.2. The molecule has 0 aliphatic rings. The van der Waals surface area contributed by atoms with Gasteiger partial charge in [-0.3, -0.25) is 4.72 Å². The van der Waals surface area contributed by atoms with Crippen LogP contribution in [0.5, 0.6) is 0 Å². The molecule has 90 valence electrons. The third kappa shape index (κ3) is 5.33. The molecule has 0 saturated carbocycles. The molecular formula is C8H11NO5S2. The van der Waals surface area contributed by atoms with Gasteiger partial charge in [0.05, 0.1) is 25.4 Å². The van der Waals surface area contributed by atoms with E-state index in [4.69, 9.17) is 0 Å². The van der Waals surface area contributed by atoms with Crippen molar-refractivity contribution in [2.24, 2.45) is 0 Å². The van der Waals surface area contributed by atoms with E-state index in [0.717, 1.165) is 23.2 Å². The van der Waals surface area contributed by atoms with E-state index in [1.165, 1.54) is 7.11 Å². The van der Waals surface area contributed by atoms with Gasteiger partial charge in [0, 0.05) is 10.6 Å². The molecule has 8 heteroatoms. The van der Waals surface area contributed by atoms with E-state index >= 15 is 0 Å². The first kappa shape index (κ1) is 13.3. The minimum Gasteiger partial charge on any atom is -0.284 e. The van der Waals surface area contributed by atoms with E-state index in [9.17, 15) is 8.42 Å². The molecule has 1 aromatic rings. The molecule has 0 unspecified atom stereocenters. The van der Waals surface area contributed by atoms with Gasteiger partial charge >= 0.3 is 0 Å². The van der Waals surface area contributed by atoms with E-state index in [2.05, 4.69) is 19.0 Å². The van der Waals surface area contributed by atoms with E-state index in [1.807, 2.05) is 0 Å². The molecule has 1 N–H and O–H groups in total. The Balaban J connectivity index is 2.54. The monoisotopic (exact) mass is 265 g/mol. The highest BCUT2D eigenvalue weighted by Gasteiger charge is 2.02. The van der Waals surface area contributed by atoms with Gasteiger partial charge in [-0.2, -0.15) is 0 Å². The summed E-state index contributed by atoms with van der Waals surface area (Å²) >= 11 is 0.947. The van der Waals surface area contributed by atoms with Crippen LogP contribution in [0.25, 0.3) is 0 Å². The summed E-state index contributed by atoms with van der Waals surface area (Å²) in [5.41, 5.74) is 0.486. The number of nitrogens with one attached hydrogen (secondary N) is 1. The fourth-order valence-corrected chi connectivity index (χ4v) is 1.85. The number of benzene rings is 1. The molecular weight excluding hydrogens is 254 g/mol. The van der Waals surface area contributed by atoms with Crippen LogP contribution in [-0.2, 0) is 24.3 Å². The van der Waals surface area contributed by atoms with Gasteiger partial charge < -0.3 is 0 Å². The predicted molar refractivity (Wildman–Crippen MR) is 59.9 cm³/mol. The average molecular weight is 265 g/mol. The standard InChI is InChI=1S/C8H11NO5S2/c1-12-13-14-15-8-5-3-7(4-6-8)9-16(2,10)11/h3-6,9H,1-2H3. The Labute approximate surface area is 98.0 Å². The van der Waals surface area contributed by atoms with E-state index in [-0.39, 0.29) is 0 Å². The Bertz CT molecular complexity index is 417. The van der Waals surface area contributed by atoms with E-state index in [1.54, 1.807) is 24.3 Å². The van der Waals surface area contributed by atoms with Crippen molar-refractivity contribution in [3.8, 4) is 0 Å². The van der Waals surface area contributed by atoms with Gasteiger partial charge in [-0.1, -0.05) is 5.04 Å². The van der Waals surface area contributed by atoms with Gasteiger partial charge in [0.15, 0.2) is 0 Å². The first-order valence-electron chi connectivity index (χ1n) is 4.13. The van der Waals surface area contributed by atoms with Crippen LogP contribution in [-0.4, -0.2) is 21.8 Å². The number of sulfonamides is 1.